The van der Waals surface area contributed by atoms with Crippen LogP contribution in [0.4, 0.5) is 5.82 Å². The Kier molecular flexibility index (Phi) is 4.10. The van der Waals surface area contributed by atoms with Crippen molar-refractivity contribution in [2.45, 2.75) is 25.2 Å². The zero-order chi connectivity index (χ0) is 14.0. The zero-order valence-electron chi connectivity index (χ0n) is 11.6. The first-order valence-corrected chi connectivity index (χ1v) is 8.03. The van der Waals surface area contributed by atoms with Gasteiger partial charge in [0.2, 0.25) is 10.0 Å². The molecule has 1 atom stereocenters. The van der Waals surface area contributed by atoms with Crippen molar-refractivity contribution in [3.63, 3.8) is 0 Å². The van der Waals surface area contributed by atoms with Gasteiger partial charge in [0, 0.05) is 32.4 Å². The van der Waals surface area contributed by atoms with Crippen LogP contribution in [0.2, 0.25) is 0 Å². The standard InChI is InChI=1S/C13H21N3O2S/c1-10(2)11-5-7-16(9-11)19(17,18)12-4-6-15-13(8-12)14-3/h4,6,8,10-11H,5,7,9H2,1-3H3,(H,14,15). The van der Waals surface area contributed by atoms with Crippen LogP contribution in [-0.2, 0) is 10.0 Å². The van der Waals surface area contributed by atoms with Gasteiger partial charge in [-0.2, -0.15) is 4.31 Å². The number of anilines is 1. The Hall–Kier alpha value is -1.14. The first-order chi connectivity index (χ1) is 8.95. The molecule has 1 aliphatic rings. The summed E-state index contributed by atoms with van der Waals surface area (Å²) in [5.41, 5.74) is 0. The summed E-state index contributed by atoms with van der Waals surface area (Å²) in [5.74, 6) is 1.55. The van der Waals surface area contributed by atoms with Gasteiger partial charge in [0.1, 0.15) is 5.82 Å². The monoisotopic (exact) mass is 283 g/mol. The lowest BCUT2D eigenvalue weighted by Crippen LogP contribution is -2.29. The summed E-state index contributed by atoms with van der Waals surface area (Å²) in [7, 11) is -1.66. The van der Waals surface area contributed by atoms with Gasteiger partial charge in [0.05, 0.1) is 4.90 Å². The molecule has 0 spiro atoms. The molecule has 0 radical (unpaired) electrons. The van der Waals surface area contributed by atoms with Crippen molar-refractivity contribution < 1.29 is 8.42 Å². The minimum absolute atomic E-state index is 0.316. The Bertz CT molecular complexity index is 543. The van der Waals surface area contributed by atoms with E-state index in [1.807, 2.05) is 0 Å². The Labute approximate surface area is 115 Å². The number of rotatable bonds is 4. The molecule has 6 heteroatoms. The normalized spacial score (nSPS) is 20.9. The molecule has 106 valence electrons. The molecule has 0 aliphatic carbocycles. The molecular weight excluding hydrogens is 262 g/mol. The molecule has 2 rings (SSSR count). The van der Waals surface area contributed by atoms with Gasteiger partial charge in [-0.3, -0.25) is 0 Å². The van der Waals surface area contributed by atoms with E-state index >= 15 is 0 Å². The molecule has 0 bridgehead atoms. The van der Waals surface area contributed by atoms with Crippen LogP contribution in [-0.4, -0.2) is 37.8 Å². The van der Waals surface area contributed by atoms with Crippen molar-refractivity contribution in [2.75, 3.05) is 25.5 Å². The fraction of sp³-hybridized carbons (Fsp3) is 0.615. The van der Waals surface area contributed by atoms with Crippen LogP contribution in [0.5, 0.6) is 0 Å². The number of nitrogens with zero attached hydrogens (tertiary/aromatic N) is 2. The number of aromatic nitrogens is 1. The lowest BCUT2D eigenvalue weighted by molar-refractivity contribution is 0.388. The van der Waals surface area contributed by atoms with E-state index in [2.05, 4.69) is 24.1 Å². The predicted molar refractivity (Wildman–Crippen MR) is 75.5 cm³/mol. The molecule has 19 heavy (non-hydrogen) atoms. The molecule has 2 heterocycles. The fourth-order valence-electron chi connectivity index (χ4n) is 2.37. The van der Waals surface area contributed by atoms with Crippen molar-refractivity contribution in [3.8, 4) is 0 Å². The quantitative estimate of drug-likeness (QED) is 0.915. The van der Waals surface area contributed by atoms with Gasteiger partial charge in [0.15, 0.2) is 0 Å². The third kappa shape index (κ3) is 2.90. The Morgan fingerprint density at radius 3 is 2.79 bits per heavy atom. The van der Waals surface area contributed by atoms with E-state index in [1.54, 1.807) is 23.5 Å². The van der Waals surface area contributed by atoms with Crippen molar-refractivity contribution in [1.29, 1.82) is 0 Å². The minimum atomic E-state index is -3.38. The van der Waals surface area contributed by atoms with Gasteiger partial charge in [0.25, 0.3) is 0 Å². The van der Waals surface area contributed by atoms with Crippen LogP contribution in [0, 0.1) is 11.8 Å². The highest BCUT2D eigenvalue weighted by Crippen LogP contribution is 2.28. The molecular formula is C13H21N3O2S. The molecule has 1 saturated heterocycles. The number of nitrogens with one attached hydrogen (secondary N) is 1. The SMILES string of the molecule is CNc1cc(S(=O)(=O)N2CCC(C(C)C)C2)ccn1. The second kappa shape index (κ2) is 5.46. The average molecular weight is 283 g/mol. The average Bonchev–Trinajstić information content (AvgIpc) is 2.89. The van der Waals surface area contributed by atoms with E-state index in [9.17, 15) is 8.42 Å². The lowest BCUT2D eigenvalue weighted by Gasteiger charge is -2.18. The maximum atomic E-state index is 12.5. The molecule has 1 N–H and O–H groups in total. The van der Waals surface area contributed by atoms with Crippen molar-refractivity contribution in [1.82, 2.24) is 9.29 Å². The van der Waals surface area contributed by atoms with E-state index in [1.165, 1.54) is 6.20 Å². The van der Waals surface area contributed by atoms with Crippen LogP contribution in [0.25, 0.3) is 0 Å². The van der Waals surface area contributed by atoms with Gasteiger partial charge >= 0.3 is 0 Å². The first-order valence-electron chi connectivity index (χ1n) is 6.59. The molecule has 1 aromatic heterocycles. The summed E-state index contributed by atoms with van der Waals surface area (Å²) >= 11 is 0. The van der Waals surface area contributed by atoms with Crippen molar-refractivity contribution in [2.24, 2.45) is 11.8 Å². The van der Waals surface area contributed by atoms with Crippen LogP contribution in [0.1, 0.15) is 20.3 Å². The maximum absolute atomic E-state index is 12.5. The lowest BCUT2D eigenvalue weighted by atomic mass is 9.96. The van der Waals surface area contributed by atoms with Crippen molar-refractivity contribution >= 4 is 15.8 Å². The van der Waals surface area contributed by atoms with Crippen LogP contribution in [0.3, 0.4) is 0 Å². The summed E-state index contributed by atoms with van der Waals surface area (Å²) < 4.78 is 26.7. The third-order valence-electron chi connectivity index (χ3n) is 3.76. The Morgan fingerprint density at radius 2 is 2.21 bits per heavy atom. The summed E-state index contributed by atoms with van der Waals surface area (Å²) in [6, 6.07) is 3.14. The zero-order valence-corrected chi connectivity index (χ0v) is 12.4. The molecule has 1 aliphatic heterocycles. The third-order valence-corrected chi connectivity index (χ3v) is 5.62. The Balaban J connectivity index is 2.23. The van der Waals surface area contributed by atoms with E-state index < -0.39 is 10.0 Å². The Morgan fingerprint density at radius 1 is 1.47 bits per heavy atom. The van der Waals surface area contributed by atoms with E-state index in [4.69, 9.17) is 0 Å². The van der Waals surface area contributed by atoms with Gasteiger partial charge in [-0.05, 0) is 24.3 Å². The summed E-state index contributed by atoms with van der Waals surface area (Å²) in [6.45, 7) is 5.53. The van der Waals surface area contributed by atoms with Crippen LogP contribution in [0.15, 0.2) is 23.2 Å². The topological polar surface area (TPSA) is 62.3 Å². The van der Waals surface area contributed by atoms with Crippen LogP contribution >= 0.6 is 0 Å². The molecule has 5 nitrogen and oxygen atoms in total. The van der Waals surface area contributed by atoms with E-state index in [0.717, 1.165) is 6.42 Å². The second-order valence-electron chi connectivity index (χ2n) is 5.28. The van der Waals surface area contributed by atoms with Crippen LogP contribution < -0.4 is 5.32 Å². The molecule has 0 amide bonds. The smallest absolute Gasteiger partial charge is 0.243 e. The number of pyridine rings is 1. The van der Waals surface area contributed by atoms with E-state index in [-0.39, 0.29) is 0 Å². The van der Waals surface area contributed by atoms with Gasteiger partial charge in [-0.1, -0.05) is 13.8 Å². The summed E-state index contributed by atoms with van der Waals surface area (Å²) in [5, 5.41) is 2.86. The van der Waals surface area contributed by atoms with Crippen molar-refractivity contribution in [3.05, 3.63) is 18.3 Å². The summed E-state index contributed by atoms with van der Waals surface area (Å²) in [6.07, 6.45) is 2.47. The molecule has 0 saturated carbocycles. The fourth-order valence-corrected chi connectivity index (χ4v) is 3.90. The maximum Gasteiger partial charge on any atom is 0.243 e. The summed E-state index contributed by atoms with van der Waals surface area (Å²) in [4.78, 5) is 4.36. The highest BCUT2D eigenvalue weighted by atomic mass is 32.2. The number of hydrogen-bond acceptors (Lipinski definition) is 4. The minimum Gasteiger partial charge on any atom is -0.373 e. The van der Waals surface area contributed by atoms with Gasteiger partial charge in [-0.25, -0.2) is 13.4 Å². The van der Waals surface area contributed by atoms with E-state index in [0.29, 0.717) is 35.6 Å². The predicted octanol–water partition coefficient (Wildman–Crippen LogP) is 1.79. The number of sulfonamides is 1. The highest BCUT2D eigenvalue weighted by molar-refractivity contribution is 7.89. The number of hydrogen-bond donors (Lipinski definition) is 1. The second-order valence-corrected chi connectivity index (χ2v) is 7.22. The van der Waals surface area contributed by atoms with Gasteiger partial charge in [-0.15, -0.1) is 0 Å². The largest absolute Gasteiger partial charge is 0.373 e. The molecule has 1 aromatic rings. The molecule has 1 unspecified atom stereocenters. The first kappa shape index (κ1) is 14.3. The molecule has 1 fully saturated rings. The molecule has 0 aromatic carbocycles. The van der Waals surface area contributed by atoms with Gasteiger partial charge < -0.3 is 5.32 Å². The highest BCUT2D eigenvalue weighted by Gasteiger charge is 2.33.